The van der Waals surface area contributed by atoms with Crippen molar-refractivity contribution in [1.82, 2.24) is 0 Å². The van der Waals surface area contributed by atoms with Crippen molar-refractivity contribution >= 4 is 17.8 Å². The number of likely N-dealkylation sites (N-methyl/N-ethyl adjacent to an activating group) is 1. The molecule has 0 amide bonds. The second-order valence-corrected chi connectivity index (χ2v) is 5.49. The van der Waals surface area contributed by atoms with Crippen LogP contribution in [0.5, 0.6) is 0 Å². The van der Waals surface area contributed by atoms with Crippen molar-refractivity contribution in [2.24, 2.45) is 0 Å². The smallest absolute Gasteiger partial charge is 0.169 e. The molecule has 3 rings (SSSR count). The topological polar surface area (TPSA) is 7.12 Å². The van der Waals surface area contributed by atoms with Gasteiger partial charge in [-0.2, -0.15) is 0 Å². The summed E-state index contributed by atoms with van der Waals surface area (Å²) in [5.41, 5.74) is 6.27. The highest BCUT2D eigenvalue weighted by molar-refractivity contribution is 5.79. The van der Waals surface area contributed by atoms with Crippen LogP contribution in [0.4, 0.5) is 5.69 Å². The first-order valence-electron chi connectivity index (χ1n) is 7.40. The maximum atomic E-state index is 2.25. The van der Waals surface area contributed by atoms with Crippen LogP contribution >= 0.6 is 0 Å². The lowest BCUT2D eigenvalue weighted by molar-refractivity contribution is -0.693. The highest BCUT2D eigenvalue weighted by Gasteiger charge is 2.13. The van der Waals surface area contributed by atoms with E-state index < -0.39 is 0 Å². The molecule has 0 saturated carbocycles. The van der Waals surface area contributed by atoms with Crippen molar-refractivity contribution in [2.75, 3.05) is 11.9 Å². The Bertz CT molecular complexity index is 715. The van der Waals surface area contributed by atoms with Crippen molar-refractivity contribution in [1.29, 1.82) is 0 Å². The number of rotatable bonds is 2. The van der Waals surface area contributed by atoms with Crippen molar-refractivity contribution in [3.63, 3.8) is 0 Å². The summed E-state index contributed by atoms with van der Waals surface area (Å²) < 4.78 is 2.17. The fraction of sp³-hybridized carbons (Fsp3) is 0.211. The normalized spacial score (nSPS) is 14.7. The van der Waals surface area contributed by atoms with E-state index in [9.17, 15) is 0 Å². The molecule has 2 nitrogen and oxygen atoms in total. The second kappa shape index (κ2) is 7.09. The summed E-state index contributed by atoms with van der Waals surface area (Å²) in [6.07, 6.45) is 10.8. The minimum atomic E-state index is 0. The molecule has 2 heterocycles. The summed E-state index contributed by atoms with van der Waals surface area (Å²) in [6, 6.07) is 10.9. The molecular formula is C19H21IN2. The van der Waals surface area contributed by atoms with E-state index in [0.717, 1.165) is 6.54 Å². The van der Waals surface area contributed by atoms with Gasteiger partial charge in [-0.15, -0.1) is 0 Å². The number of anilines is 1. The molecule has 0 N–H and O–H groups in total. The van der Waals surface area contributed by atoms with E-state index in [2.05, 4.69) is 91.3 Å². The van der Waals surface area contributed by atoms with E-state index in [1.165, 1.54) is 28.1 Å². The summed E-state index contributed by atoms with van der Waals surface area (Å²) in [5, 5.41) is 0. The lowest BCUT2D eigenvalue weighted by Gasteiger charge is -2.26. The Hall–Kier alpha value is -1.62. The maximum absolute atomic E-state index is 2.25. The summed E-state index contributed by atoms with van der Waals surface area (Å²) in [4.78, 5) is 2.25. The number of fused-ring (bicyclic) bond motifs is 1. The van der Waals surface area contributed by atoms with Crippen LogP contribution in [0.1, 0.15) is 23.6 Å². The molecule has 114 valence electrons. The number of nitrogens with zero attached hydrogens (tertiary/aromatic N) is 2. The average Bonchev–Trinajstić information content (AvgIpc) is 2.51. The Morgan fingerprint density at radius 1 is 1.09 bits per heavy atom. The number of halogens is 1. The molecule has 0 radical (unpaired) electrons. The summed E-state index contributed by atoms with van der Waals surface area (Å²) >= 11 is 0. The van der Waals surface area contributed by atoms with Crippen LogP contribution in [0.3, 0.4) is 0 Å². The number of benzene rings is 1. The van der Waals surface area contributed by atoms with E-state index in [1.54, 1.807) is 0 Å². The molecule has 0 unspecified atom stereocenters. The molecular weight excluding hydrogens is 383 g/mol. The van der Waals surface area contributed by atoms with Gasteiger partial charge >= 0.3 is 0 Å². The number of hydrogen-bond acceptors (Lipinski definition) is 1. The summed E-state index contributed by atoms with van der Waals surface area (Å²) in [5.74, 6) is 0. The highest BCUT2D eigenvalue weighted by atomic mass is 127. The molecule has 1 aromatic carbocycles. The van der Waals surface area contributed by atoms with Gasteiger partial charge in [0, 0.05) is 30.6 Å². The first kappa shape index (κ1) is 16.7. The SMILES string of the molecule is CC[n+]1ccc(/C=C2\C=Cc3cc(C)ccc3N2C)cc1.[I-]. The monoisotopic (exact) mass is 404 g/mol. The van der Waals surface area contributed by atoms with E-state index >= 15 is 0 Å². The van der Waals surface area contributed by atoms with Crippen molar-refractivity contribution in [2.45, 2.75) is 20.4 Å². The standard InChI is InChI=1S/C19H21N2.HI/c1-4-21-11-9-16(10-12-21)14-18-7-6-17-13-15(2)5-8-19(17)20(18)3;/h5-14H,4H2,1-3H3;1H/q+1;/p-1. The van der Waals surface area contributed by atoms with Crippen LogP contribution < -0.4 is 33.4 Å². The molecule has 1 aliphatic heterocycles. The van der Waals surface area contributed by atoms with Crippen LogP contribution in [0.2, 0.25) is 0 Å². The summed E-state index contributed by atoms with van der Waals surface area (Å²) in [7, 11) is 2.12. The molecule has 0 atom stereocenters. The third-order valence-electron chi connectivity index (χ3n) is 3.96. The number of aromatic nitrogens is 1. The largest absolute Gasteiger partial charge is 1.00 e. The third kappa shape index (κ3) is 3.40. The fourth-order valence-electron chi connectivity index (χ4n) is 2.63. The second-order valence-electron chi connectivity index (χ2n) is 5.49. The number of hydrogen-bond donors (Lipinski definition) is 0. The van der Waals surface area contributed by atoms with Gasteiger partial charge < -0.3 is 28.9 Å². The minimum absolute atomic E-state index is 0. The third-order valence-corrected chi connectivity index (χ3v) is 3.96. The van der Waals surface area contributed by atoms with Crippen molar-refractivity contribution in [3.8, 4) is 0 Å². The number of allylic oxidation sites excluding steroid dienone is 1. The highest BCUT2D eigenvalue weighted by Crippen LogP contribution is 2.30. The zero-order chi connectivity index (χ0) is 14.8. The van der Waals surface area contributed by atoms with Crippen LogP contribution in [-0.4, -0.2) is 7.05 Å². The lowest BCUT2D eigenvalue weighted by Crippen LogP contribution is -3.00. The first-order chi connectivity index (χ1) is 10.2. The van der Waals surface area contributed by atoms with Gasteiger partial charge in [0.05, 0.1) is 0 Å². The Kier molecular flexibility index (Phi) is 5.40. The molecule has 22 heavy (non-hydrogen) atoms. The Balaban J connectivity index is 0.00000176. The zero-order valence-electron chi connectivity index (χ0n) is 13.3. The van der Waals surface area contributed by atoms with Gasteiger partial charge in [-0.3, -0.25) is 0 Å². The van der Waals surface area contributed by atoms with Crippen LogP contribution in [0.25, 0.3) is 12.2 Å². The Labute approximate surface area is 149 Å². The van der Waals surface area contributed by atoms with Crippen molar-refractivity contribution < 1.29 is 28.5 Å². The maximum Gasteiger partial charge on any atom is 0.169 e. The number of aryl methyl sites for hydroxylation is 2. The van der Waals surface area contributed by atoms with E-state index in [4.69, 9.17) is 0 Å². The molecule has 0 saturated heterocycles. The molecule has 0 fully saturated rings. The molecule has 2 aromatic rings. The van der Waals surface area contributed by atoms with Gasteiger partial charge in [0.25, 0.3) is 0 Å². The zero-order valence-corrected chi connectivity index (χ0v) is 15.4. The summed E-state index contributed by atoms with van der Waals surface area (Å²) in [6.45, 7) is 5.28. The van der Waals surface area contributed by atoms with Crippen LogP contribution in [-0.2, 0) is 6.54 Å². The quantitative estimate of drug-likeness (QED) is 0.531. The van der Waals surface area contributed by atoms with Gasteiger partial charge in [-0.1, -0.05) is 17.7 Å². The van der Waals surface area contributed by atoms with Gasteiger partial charge in [0.1, 0.15) is 6.54 Å². The molecule has 3 heteroatoms. The fourth-order valence-corrected chi connectivity index (χ4v) is 2.63. The van der Waals surface area contributed by atoms with Gasteiger partial charge in [0.15, 0.2) is 12.4 Å². The molecule has 0 aliphatic carbocycles. The molecule has 1 aromatic heterocycles. The van der Waals surface area contributed by atoms with E-state index in [-0.39, 0.29) is 24.0 Å². The molecule has 1 aliphatic rings. The van der Waals surface area contributed by atoms with Crippen molar-refractivity contribution in [3.05, 3.63) is 71.2 Å². The van der Waals surface area contributed by atoms with Crippen LogP contribution in [0, 0.1) is 6.92 Å². The lowest BCUT2D eigenvalue weighted by atomic mass is 10.0. The number of pyridine rings is 1. The predicted octanol–water partition coefficient (Wildman–Crippen LogP) is 0.811. The van der Waals surface area contributed by atoms with Gasteiger partial charge in [-0.25, -0.2) is 4.57 Å². The van der Waals surface area contributed by atoms with Crippen LogP contribution in [0.15, 0.2) is 54.5 Å². The Morgan fingerprint density at radius 3 is 2.50 bits per heavy atom. The molecule has 0 bridgehead atoms. The molecule has 0 spiro atoms. The van der Waals surface area contributed by atoms with E-state index in [1.807, 2.05) is 0 Å². The van der Waals surface area contributed by atoms with E-state index in [0.29, 0.717) is 0 Å². The predicted molar refractivity (Wildman–Crippen MR) is 88.9 cm³/mol. The van der Waals surface area contributed by atoms with Gasteiger partial charge in [0.2, 0.25) is 0 Å². The average molecular weight is 404 g/mol. The Morgan fingerprint density at radius 2 is 1.82 bits per heavy atom. The first-order valence-corrected chi connectivity index (χ1v) is 7.40. The minimum Gasteiger partial charge on any atom is -1.00 e. The van der Waals surface area contributed by atoms with Gasteiger partial charge in [-0.05, 0) is 49.3 Å².